The molecular formula is C17H21BrN2O3. The number of carboxylic acid groups (broad SMARTS) is 1. The highest BCUT2D eigenvalue weighted by molar-refractivity contribution is 9.10. The van der Waals surface area contributed by atoms with E-state index in [1.807, 2.05) is 24.3 Å². The number of benzene rings is 1. The molecule has 3 rings (SSSR count). The fourth-order valence-electron chi connectivity index (χ4n) is 3.71. The van der Waals surface area contributed by atoms with Crippen LogP contribution in [0, 0.1) is 5.92 Å². The molecule has 124 valence electrons. The molecular weight excluding hydrogens is 360 g/mol. The number of nitrogens with one attached hydrogen (secondary N) is 1. The van der Waals surface area contributed by atoms with Crippen LogP contribution in [-0.2, 0) is 9.59 Å². The summed E-state index contributed by atoms with van der Waals surface area (Å²) in [5.41, 5.74) is 1.11. The lowest BCUT2D eigenvalue weighted by Crippen LogP contribution is -2.51. The van der Waals surface area contributed by atoms with Crippen LogP contribution in [-0.4, -0.2) is 47.6 Å². The first-order chi connectivity index (χ1) is 11.1. The van der Waals surface area contributed by atoms with Crippen LogP contribution in [0.2, 0.25) is 0 Å². The van der Waals surface area contributed by atoms with Crippen LogP contribution in [0.1, 0.15) is 30.7 Å². The van der Waals surface area contributed by atoms with Crippen molar-refractivity contribution in [1.82, 2.24) is 10.2 Å². The van der Waals surface area contributed by atoms with Crippen LogP contribution in [0.3, 0.4) is 0 Å². The third-order valence-electron chi connectivity index (χ3n) is 4.91. The highest BCUT2D eigenvalue weighted by Gasteiger charge is 2.41. The molecule has 1 aromatic carbocycles. The van der Waals surface area contributed by atoms with Crippen molar-refractivity contribution in [3.63, 3.8) is 0 Å². The largest absolute Gasteiger partial charge is 0.480 e. The summed E-state index contributed by atoms with van der Waals surface area (Å²) in [4.78, 5) is 26.1. The van der Waals surface area contributed by atoms with E-state index in [0.29, 0.717) is 19.5 Å². The van der Waals surface area contributed by atoms with E-state index in [2.05, 4.69) is 21.2 Å². The van der Waals surface area contributed by atoms with Gasteiger partial charge in [-0.2, -0.15) is 0 Å². The van der Waals surface area contributed by atoms with Crippen LogP contribution < -0.4 is 5.32 Å². The van der Waals surface area contributed by atoms with Crippen molar-refractivity contribution < 1.29 is 14.7 Å². The maximum atomic E-state index is 13.0. The van der Waals surface area contributed by atoms with Crippen LogP contribution in [0.25, 0.3) is 0 Å². The fraction of sp³-hybridized carbons (Fsp3) is 0.529. The van der Waals surface area contributed by atoms with Gasteiger partial charge in [-0.05, 0) is 30.9 Å². The van der Waals surface area contributed by atoms with Crippen molar-refractivity contribution >= 4 is 27.8 Å². The number of hydrogen-bond acceptors (Lipinski definition) is 3. The lowest BCUT2D eigenvalue weighted by molar-refractivity contribution is -0.153. The Bertz CT molecular complexity index is 607. The zero-order chi connectivity index (χ0) is 16.4. The zero-order valence-electron chi connectivity index (χ0n) is 12.9. The third kappa shape index (κ3) is 3.28. The van der Waals surface area contributed by atoms with Gasteiger partial charge in [0.25, 0.3) is 0 Å². The Morgan fingerprint density at radius 1 is 1.22 bits per heavy atom. The standard InChI is InChI=1S/C17H21BrN2O3/c18-14-6-2-1-5-11(14)12-9-19-10-13(12)16(21)20-8-4-3-7-15(20)17(22)23/h1-2,5-6,12-13,15,19H,3-4,7-10H2,(H,22,23)/t12-,13+,15-/m0/s1. The Labute approximate surface area is 144 Å². The first-order valence-corrected chi connectivity index (χ1v) is 8.87. The van der Waals surface area contributed by atoms with Crippen molar-refractivity contribution in [2.24, 2.45) is 5.92 Å². The lowest BCUT2D eigenvalue weighted by Gasteiger charge is -2.35. The molecule has 1 amide bonds. The maximum Gasteiger partial charge on any atom is 0.326 e. The van der Waals surface area contributed by atoms with Crippen molar-refractivity contribution in [2.75, 3.05) is 19.6 Å². The lowest BCUT2D eigenvalue weighted by atomic mass is 9.87. The number of carbonyl (C=O) groups is 2. The van der Waals surface area contributed by atoms with E-state index in [9.17, 15) is 14.7 Å². The number of likely N-dealkylation sites (tertiary alicyclic amines) is 1. The van der Waals surface area contributed by atoms with Gasteiger partial charge in [-0.15, -0.1) is 0 Å². The van der Waals surface area contributed by atoms with Crippen LogP contribution in [0.15, 0.2) is 28.7 Å². The molecule has 23 heavy (non-hydrogen) atoms. The van der Waals surface area contributed by atoms with Crippen LogP contribution >= 0.6 is 15.9 Å². The summed E-state index contributed by atoms with van der Waals surface area (Å²) in [6, 6.07) is 7.28. The van der Waals surface area contributed by atoms with Gasteiger partial charge in [0.05, 0.1) is 5.92 Å². The van der Waals surface area contributed by atoms with Gasteiger partial charge in [-0.1, -0.05) is 34.1 Å². The maximum absolute atomic E-state index is 13.0. The van der Waals surface area contributed by atoms with E-state index in [1.54, 1.807) is 4.90 Å². The minimum absolute atomic E-state index is 0.0251. The number of aliphatic carboxylic acids is 1. The number of halogens is 1. The van der Waals surface area contributed by atoms with Gasteiger partial charge < -0.3 is 15.3 Å². The Hall–Kier alpha value is -1.40. The molecule has 2 heterocycles. The second kappa shape index (κ2) is 7.01. The number of piperidine rings is 1. The van der Waals surface area contributed by atoms with Gasteiger partial charge in [0.2, 0.25) is 5.91 Å². The van der Waals surface area contributed by atoms with Gasteiger partial charge >= 0.3 is 5.97 Å². The summed E-state index contributed by atoms with van der Waals surface area (Å²) in [5, 5.41) is 12.7. The third-order valence-corrected chi connectivity index (χ3v) is 5.63. The number of carbonyl (C=O) groups excluding carboxylic acids is 1. The Balaban J connectivity index is 1.83. The zero-order valence-corrected chi connectivity index (χ0v) is 14.5. The van der Waals surface area contributed by atoms with Crippen molar-refractivity contribution in [2.45, 2.75) is 31.2 Å². The van der Waals surface area contributed by atoms with E-state index in [-0.39, 0.29) is 17.7 Å². The molecule has 2 aliphatic heterocycles. The molecule has 0 bridgehead atoms. The number of hydrogen-bond donors (Lipinski definition) is 2. The quantitative estimate of drug-likeness (QED) is 0.843. The first-order valence-electron chi connectivity index (χ1n) is 8.08. The van der Waals surface area contributed by atoms with Gasteiger partial charge in [-0.3, -0.25) is 4.79 Å². The second-order valence-electron chi connectivity index (χ2n) is 6.27. The van der Waals surface area contributed by atoms with E-state index < -0.39 is 12.0 Å². The molecule has 5 nitrogen and oxygen atoms in total. The fourth-order valence-corrected chi connectivity index (χ4v) is 4.28. The Kier molecular flexibility index (Phi) is 5.02. The van der Waals surface area contributed by atoms with Crippen molar-refractivity contribution in [3.05, 3.63) is 34.3 Å². The molecule has 6 heteroatoms. The molecule has 2 aliphatic rings. The number of nitrogens with zero attached hydrogens (tertiary/aromatic N) is 1. The molecule has 0 unspecified atom stereocenters. The SMILES string of the molecule is O=C(O)[C@@H]1CCCCN1C(=O)[C@@H]1CNC[C@H]1c1ccccc1Br. The summed E-state index contributed by atoms with van der Waals surface area (Å²) in [7, 11) is 0. The highest BCUT2D eigenvalue weighted by atomic mass is 79.9. The predicted octanol–water partition coefficient (Wildman–Crippen LogP) is 2.22. The Morgan fingerprint density at radius 3 is 2.74 bits per heavy atom. The first kappa shape index (κ1) is 16.5. The van der Waals surface area contributed by atoms with Crippen molar-refractivity contribution in [1.29, 1.82) is 0 Å². The molecule has 0 aromatic heterocycles. The molecule has 0 radical (unpaired) electrons. The summed E-state index contributed by atoms with van der Waals surface area (Å²) in [6.45, 7) is 1.90. The summed E-state index contributed by atoms with van der Waals surface area (Å²) >= 11 is 3.57. The van der Waals surface area contributed by atoms with Crippen LogP contribution in [0.4, 0.5) is 0 Å². The second-order valence-corrected chi connectivity index (χ2v) is 7.13. The smallest absolute Gasteiger partial charge is 0.326 e. The molecule has 2 saturated heterocycles. The van der Waals surface area contributed by atoms with E-state index in [4.69, 9.17) is 0 Å². The average Bonchev–Trinajstić information content (AvgIpc) is 3.04. The molecule has 0 saturated carbocycles. The number of amides is 1. The van der Waals surface area contributed by atoms with E-state index in [0.717, 1.165) is 29.4 Å². The summed E-state index contributed by atoms with van der Waals surface area (Å²) < 4.78 is 1.000. The monoisotopic (exact) mass is 380 g/mol. The summed E-state index contributed by atoms with van der Waals surface area (Å²) in [6.07, 6.45) is 2.31. The molecule has 1 aromatic rings. The minimum atomic E-state index is -0.888. The summed E-state index contributed by atoms with van der Waals surface area (Å²) in [5.74, 6) is -1.03. The minimum Gasteiger partial charge on any atom is -0.480 e. The van der Waals surface area contributed by atoms with E-state index >= 15 is 0 Å². The molecule has 0 spiro atoms. The normalized spacial score (nSPS) is 27.9. The van der Waals surface area contributed by atoms with Gasteiger partial charge in [0.15, 0.2) is 0 Å². The van der Waals surface area contributed by atoms with E-state index in [1.165, 1.54) is 0 Å². The van der Waals surface area contributed by atoms with Gasteiger partial charge in [0.1, 0.15) is 6.04 Å². The molecule has 2 N–H and O–H groups in total. The van der Waals surface area contributed by atoms with Crippen LogP contribution in [0.5, 0.6) is 0 Å². The van der Waals surface area contributed by atoms with Gasteiger partial charge in [0, 0.05) is 30.0 Å². The van der Waals surface area contributed by atoms with Crippen molar-refractivity contribution in [3.8, 4) is 0 Å². The average molecular weight is 381 g/mol. The molecule has 2 fully saturated rings. The molecule has 0 aliphatic carbocycles. The predicted molar refractivity (Wildman–Crippen MR) is 90.2 cm³/mol. The highest BCUT2D eigenvalue weighted by Crippen LogP contribution is 2.35. The number of carboxylic acids is 1. The Morgan fingerprint density at radius 2 is 2.00 bits per heavy atom. The number of rotatable bonds is 3. The van der Waals surface area contributed by atoms with Gasteiger partial charge in [-0.25, -0.2) is 4.79 Å². The topological polar surface area (TPSA) is 69.6 Å². The molecule has 3 atom stereocenters.